The maximum atomic E-state index is 9.44. The molecule has 0 aliphatic carbocycles. The number of aromatic nitrogens is 3. The number of hydrogen-bond acceptors (Lipinski definition) is 5. The van der Waals surface area contributed by atoms with E-state index in [0.717, 1.165) is 27.8 Å². The molecule has 0 saturated carbocycles. The number of benzene rings is 6. The average molecular weight is 635 g/mol. The SMILES string of the molecule is [2H]c1c([2H])c([2H])c(-c2c([2H])c([2H])c3sc4c([2H])c(-c5nc(-c6ccccc6)nc(-c6ccc(-c7csc8ccccc78)cc6)n5)c([2H])c([2H])c4c3c2[2H])c([2H])c1[2H]. The van der Waals surface area contributed by atoms with Crippen LogP contribution in [0.5, 0.6) is 0 Å². The Bertz CT molecular complexity index is 3120. The predicted molar refractivity (Wildman–Crippen MR) is 195 cm³/mol. The lowest BCUT2D eigenvalue weighted by Gasteiger charge is -2.09. The van der Waals surface area contributed by atoms with Crippen LogP contribution in [-0.4, -0.2) is 15.0 Å². The highest BCUT2D eigenvalue weighted by Crippen LogP contribution is 2.39. The summed E-state index contributed by atoms with van der Waals surface area (Å²) in [6, 6.07) is 19.6. The molecule has 0 N–H and O–H groups in total. The molecular formula is C41H25N3S2. The summed E-state index contributed by atoms with van der Waals surface area (Å²) in [6.45, 7) is 0. The van der Waals surface area contributed by atoms with Gasteiger partial charge in [0, 0.05) is 52.5 Å². The van der Waals surface area contributed by atoms with Crippen LogP contribution in [0, 0.1) is 0 Å². The Morgan fingerprint density at radius 3 is 1.91 bits per heavy atom. The van der Waals surface area contributed by atoms with Gasteiger partial charge in [-0.1, -0.05) is 121 Å². The van der Waals surface area contributed by atoms with E-state index in [4.69, 9.17) is 24.5 Å². The molecule has 0 radical (unpaired) electrons. The summed E-state index contributed by atoms with van der Waals surface area (Å²) in [6.07, 6.45) is 0. The zero-order valence-electron chi connectivity index (χ0n) is 34.7. The molecule has 9 rings (SSSR count). The van der Waals surface area contributed by atoms with E-state index >= 15 is 0 Å². The van der Waals surface area contributed by atoms with Crippen LogP contribution in [0.3, 0.4) is 0 Å². The molecule has 216 valence electrons. The maximum Gasteiger partial charge on any atom is 0.164 e. The second-order valence-electron chi connectivity index (χ2n) is 10.4. The fourth-order valence-corrected chi connectivity index (χ4v) is 7.28. The van der Waals surface area contributed by atoms with Gasteiger partial charge in [0.1, 0.15) is 0 Å². The van der Waals surface area contributed by atoms with E-state index in [1.54, 1.807) is 11.3 Å². The maximum absolute atomic E-state index is 9.44. The third-order valence-corrected chi connectivity index (χ3v) is 9.57. The van der Waals surface area contributed by atoms with Crippen molar-refractivity contribution >= 4 is 52.9 Å². The molecular weight excluding hydrogens is 599 g/mol. The van der Waals surface area contributed by atoms with Gasteiger partial charge >= 0.3 is 0 Å². The molecule has 0 saturated heterocycles. The highest BCUT2D eigenvalue weighted by molar-refractivity contribution is 7.25. The van der Waals surface area contributed by atoms with Crippen LogP contribution in [0.25, 0.3) is 86.7 Å². The summed E-state index contributed by atoms with van der Waals surface area (Å²) in [7, 11) is 0. The van der Waals surface area contributed by atoms with Crippen LogP contribution in [0.4, 0.5) is 0 Å². The standard InChI is InChI=1S/C41H25N3S2/c1-3-9-26(10-4-1)30-20-22-37-34(23-30)33-21-19-31(24-38(33)46-37)41-43-39(28-11-5-2-6-12-28)42-40(44-41)29-17-15-27(16-18-29)35-25-45-36-14-8-7-13-32(35)36/h1-25H/i1D,3D,4D,9D,10D,19D,20D,21D,22D,23D,24D. The van der Waals surface area contributed by atoms with E-state index in [1.807, 2.05) is 66.7 Å². The van der Waals surface area contributed by atoms with E-state index in [0.29, 0.717) is 11.1 Å². The van der Waals surface area contributed by atoms with Gasteiger partial charge in [-0.25, -0.2) is 15.0 Å². The quantitative estimate of drug-likeness (QED) is 0.189. The van der Waals surface area contributed by atoms with Gasteiger partial charge in [-0.05, 0) is 46.3 Å². The normalized spacial score (nSPS) is 14.8. The Balaban J connectivity index is 1.26. The van der Waals surface area contributed by atoms with E-state index in [2.05, 4.69) is 17.5 Å². The Hall–Kier alpha value is -5.49. The van der Waals surface area contributed by atoms with E-state index < -0.39 is 59.9 Å². The Kier molecular flexibility index (Phi) is 4.33. The minimum absolute atomic E-state index is 0.00923. The molecule has 0 bridgehead atoms. The summed E-state index contributed by atoms with van der Waals surface area (Å²) in [4.78, 5) is 14.3. The number of hydrogen-bond donors (Lipinski definition) is 0. The van der Waals surface area contributed by atoms with Crippen LogP contribution in [0.2, 0.25) is 0 Å². The third-order valence-electron chi connectivity index (χ3n) is 7.59. The first-order valence-corrected chi connectivity index (χ1v) is 16.0. The topological polar surface area (TPSA) is 38.7 Å². The molecule has 46 heavy (non-hydrogen) atoms. The minimum Gasteiger partial charge on any atom is -0.208 e. The van der Waals surface area contributed by atoms with Crippen molar-refractivity contribution in [2.24, 2.45) is 0 Å². The third kappa shape index (κ3) is 4.78. The van der Waals surface area contributed by atoms with Crippen molar-refractivity contribution in [3.8, 4) is 56.4 Å². The van der Waals surface area contributed by atoms with E-state index in [1.165, 1.54) is 4.70 Å². The molecule has 0 amide bonds. The summed E-state index contributed by atoms with van der Waals surface area (Å²) >= 11 is 2.58. The summed E-state index contributed by atoms with van der Waals surface area (Å²) < 4.78 is 97.8. The van der Waals surface area contributed by atoms with Gasteiger partial charge in [0.15, 0.2) is 17.5 Å². The molecule has 9 aromatic rings. The van der Waals surface area contributed by atoms with Crippen molar-refractivity contribution in [2.75, 3.05) is 0 Å². The van der Waals surface area contributed by atoms with Gasteiger partial charge < -0.3 is 0 Å². The fourth-order valence-electron chi connectivity index (χ4n) is 5.34. The van der Waals surface area contributed by atoms with Gasteiger partial charge in [0.25, 0.3) is 0 Å². The van der Waals surface area contributed by atoms with Gasteiger partial charge in [-0.3, -0.25) is 0 Å². The second kappa shape index (κ2) is 11.1. The lowest BCUT2D eigenvalue weighted by Crippen LogP contribution is -2.00. The van der Waals surface area contributed by atoms with Crippen LogP contribution in [0.15, 0.2) is 151 Å². The smallest absolute Gasteiger partial charge is 0.164 e. The van der Waals surface area contributed by atoms with Gasteiger partial charge in [0.05, 0.1) is 15.1 Å². The number of nitrogens with zero attached hydrogens (tertiary/aromatic N) is 3. The minimum atomic E-state index is -0.655. The van der Waals surface area contributed by atoms with E-state index in [9.17, 15) is 5.48 Å². The Morgan fingerprint density at radius 2 is 1.11 bits per heavy atom. The summed E-state index contributed by atoms with van der Waals surface area (Å²) in [5.41, 5.74) is 2.61. The lowest BCUT2D eigenvalue weighted by atomic mass is 10.0. The molecule has 6 aromatic carbocycles. The van der Waals surface area contributed by atoms with Crippen molar-refractivity contribution in [2.45, 2.75) is 0 Å². The van der Waals surface area contributed by atoms with E-state index in [-0.39, 0.29) is 60.9 Å². The number of thiophene rings is 2. The molecule has 0 unspecified atom stereocenters. The fraction of sp³-hybridized carbons (Fsp3) is 0. The average Bonchev–Trinajstić information content (AvgIpc) is 3.86. The van der Waals surface area contributed by atoms with Gasteiger partial charge in [-0.15, -0.1) is 22.7 Å². The molecule has 0 aliphatic heterocycles. The van der Waals surface area contributed by atoms with Crippen LogP contribution in [-0.2, 0) is 0 Å². The summed E-state index contributed by atoms with van der Waals surface area (Å²) in [5, 5.41) is 3.26. The lowest BCUT2D eigenvalue weighted by molar-refractivity contribution is 1.07. The van der Waals surface area contributed by atoms with Gasteiger partial charge in [-0.2, -0.15) is 0 Å². The molecule has 3 heterocycles. The van der Waals surface area contributed by atoms with Crippen molar-refractivity contribution in [3.05, 3.63) is 151 Å². The highest BCUT2D eigenvalue weighted by Gasteiger charge is 2.15. The molecule has 5 heteroatoms. The Labute approximate surface area is 289 Å². The van der Waals surface area contributed by atoms with Crippen molar-refractivity contribution < 1.29 is 15.1 Å². The first-order valence-electron chi connectivity index (χ1n) is 19.8. The molecule has 0 aliphatic rings. The second-order valence-corrected chi connectivity index (χ2v) is 12.3. The zero-order valence-corrected chi connectivity index (χ0v) is 25.4. The molecule has 0 spiro atoms. The molecule has 3 nitrogen and oxygen atoms in total. The monoisotopic (exact) mass is 634 g/mol. The number of rotatable bonds is 5. The highest BCUT2D eigenvalue weighted by atomic mass is 32.1. The summed E-state index contributed by atoms with van der Waals surface area (Å²) in [5.74, 6) is 0.549. The van der Waals surface area contributed by atoms with Crippen LogP contribution >= 0.6 is 22.7 Å². The first kappa shape index (κ1) is 17.9. The van der Waals surface area contributed by atoms with Gasteiger partial charge in [0.2, 0.25) is 0 Å². The Morgan fingerprint density at radius 1 is 0.435 bits per heavy atom. The van der Waals surface area contributed by atoms with Crippen LogP contribution in [0.1, 0.15) is 15.1 Å². The molecule has 0 fully saturated rings. The van der Waals surface area contributed by atoms with Crippen molar-refractivity contribution in [3.63, 3.8) is 0 Å². The molecule has 3 aromatic heterocycles. The van der Waals surface area contributed by atoms with Crippen molar-refractivity contribution in [1.82, 2.24) is 15.0 Å². The van der Waals surface area contributed by atoms with Crippen molar-refractivity contribution in [1.29, 1.82) is 0 Å². The first-order chi connectivity index (χ1) is 27.4. The molecule has 0 atom stereocenters. The zero-order chi connectivity index (χ0) is 40.0. The predicted octanol–water partition coefficient (Wildman–Crippen LogP) is 11.8. The number of fused-ring (bicyclic) bond motifs is 4. The largest absolute Gasteiger partial charge is 0.208 e. The van der Waals surface area contributed by atoms with Crippen LogP contribution < -0.4 is 0 Å².